The Morgan fingerprint density at radius 2 is 1.68 bits per heavy atom. The Labute approximate surface area is 229 Å². The SMILES string of the molecule is CC(C)(C)OC(=O)n1ccc(NC(=O)c2cc(Oc3ccc(S(C)(=O)=O)nc3)cc(OC(C)(C)OC(F)F)c2)n1. The fourth-order valence-corrected chi connectivity index (χ4v) is 3.67. The summed E-state index contributed by atoms with van der Waals surface area (Å²) in [4.78, 5) is 29.1. The van der Waals surface area contributed by atoms with E-state index in [1.165, 1.54) is 56.4 Å². The lowest BCUT2D eigenvalue weighted by atomic mass is 10.2. The standard InChI is InChI=1S/C25H28F2N4O8S/c1-24(2,3)39-23(33)31-10-9-19(30-31)29-21(32)15-11-17(13-18(12-15)37-25(4,5)38-22(26)27)36-16-7-8-20(28-14-16)40(6,34)35/h7-14,22H,1-6H3,(H,29,30,32). The molecule has 15 heteroatoms. The molecule has 2 heterocycles. The van der Waals surface area contributed by atoms with Gasteiger partial charge in [0.25, 0.3) is 5.91 Å². The van der Waals surface area contributed by atoms with Crippen molar-refractivity contribution in [1.29, 1.82) is 0 Å². The molecule has 0 atom stereocenters. The average molecular weight is 583 g/mol. The van der Waals surface area contributed by atoms with Gasteiger partial charge in [-0.2, -0.15) is 13.5 Å². The van der Waals surface area contributed by atoms with Gasteiger partial charge in [0, 0.05) is 44.0 Å². The third kappa shape index (κ3) is 8.98. The summed E-state index contributed by atoms with van der Waals surface area (Å²) >= 11 is 0. The van der Waals surface area contributed by atoms with Crippen molar-refractivity contribution in [2.24, 2.45) is 0 Å². The van der Waals surface area contributed by atoms with Crippen molar-refractivity contribution in [3.63, 3.8) is 0 Å². The van der Waals surface area contributed by atoms with Crippen molar-refractivity contribution in [2.45, 2.75) is 57.6 Å². The van der Waals surface area contributed by atoms with Crippen molar-refractivity contribution in [3.05, 3.63) is 54.4 Å². The minimum absolute atomic E-state index is 0.0200. The summed E-state index contributed by atoms with van der Waals surface area (Å²) in [6, 6.07) is 7.85. The Morgan fingerprint density at radius 1 is 1.00 bits per heavy atom. The van der Waals surface area contributed by atoms with Crippen LogP contribution in [0, 0.1) is 0 Å². The van der Waals surface area contributed by atoms with Crippen molar-refractivity contribution in [1.82, 2.24) is 14.8 Å². The highest BCUT2D eigenvalue weighted by Gasteiger charge is 2.26. The van der Waals surface area contributed by atoms with Gasteiger partial charge in [-0.25, -0.2) is 18.2 Å². The minimum Gasteiger partial charge on any atom is -0.463 e. The lowest BCUT2D eigenvalue weighted by Gasteiger charge is -2.26. The lowest BCUT2D eigenvalue weighted by Crippen LogP contribution is -2.34. The second-order valence-electron chi connectivity index (χ2n) is 9.86. The van der Waals surface area contributed by atoms with Crippen LogP contribution in [-0.4, -0.2) is 59.4 Å². The predicted octanol–water partition coefficient (Wildman–Crippen LogP) is 4.86. The van der Waals surface area contributed by atoms with Gasteiger partial charge in [-0.3, -0.25) is 9.53 Å². The summed E-state index contributed by atoms with van der Waals surface area (Å²) in [6.07, 6.45) is 2.71. The van der Waals surface area contributed by atoms with Gasteiger partial charge < -0.3 is 19.5 Å². The molecule has 0 saturated heterocycles. The maximum atomic E-state index is 13.1. The van der Waals surface area contributed by atoms with Gasteiger partial charge in [0.15, 0.2) is 20.7 Å². The zero-order chi connectivity index (χ0) is 29.9. The molecular weight excluding hydrogens is 554 g/mol. The highest BCUT2D eigenvalue weighted by Crippen LogP contribution is 2.31. The van der Waals surface area contributed by atoms with Crippen molar-refractivity contribution in [3.8, 4) is 17.2 Å². The summed E-state index contributed by atoms with van der Waals surface area (Å²) in [6.45, 7) is 4.45. The van der Waals surface area contributed by atoms with Gasteiger partial charge >= 0.3 is 12.7 Å². The number of carbonyl (C=O) groups is 2. The molecule has 12 nitrogen and oxygen atoms in total. The van der Waals surface area contributed by atoms with Crippen LogP contribution in [-0.2, 0) is 19.3 Å². The zero-order valence-corrected chi connectivity index (χ0v) is 23.3. The number of anilines is 1. The number of hydrogen-bond donors (Lipinski definition) is 1. The number of aromatic nitrogens is 3. The molecule has 0 unspecified atom stereocenters. The number of rotatable bonds is 9. The maximum Gasteiger partial charge on any atom is 0.435 e. The molecule has 1 amide bonds. The Morgan fingerprint density at radius 3 is 2.25 bits per heavy atom. The number of benzene rings is 1. The van der Waals surface area contributed by atoms with E-state index < -0.39 is 39.8 Å². The molecule has 1 aromatic carbocycles. The van der Waals surface area contributed by atoms with E-state index in [0.717, 1.165) is 17.1 Å². The highest BCUT2D eigenvalue weighted by atomic mass is 32.2. The molecule has 0 saturated carbocycles. The molecule has 1 N–H and O–H groups in total. The highest BCUT2D eigenvalue weighted by molar-refractivity contribution is 7.90. The first kappa shape index (κ1) is 30.4. The van der Waals surface area contributed by atoms with E-state index in [9.17, 15) is 26.8 Å². The van der Waals surface area contributed by atoms with Crippen molar-refractivity contribution >= 4 is 27.7 Å². The molecule has 0 aliphatic carbocycles. The van der Waals surface area contributed by atoms with Crippen LogP contribution >= 0.6 is 0 Å². The molecule has 0 aliphatic heterocycles. The molecule has 0 aliphatic rings. The third-order valence-corrected chi connectivity index (χ3v) is 5.62. The third-order valence-electron chi connectivity index (χ3n) is 4.61. The van der Waals surface area contributed by atoms with Gasteiger partial charge in [0.2, 0.25) is 5.79 Å². The first-order chi connectivity index (χ1) is 18.4. The smallest absolute Gasteiger partial charge is 0.435 e. The number of hydrogen-bond acceptors (Lipinski definition) is 10. The van der Waals surface area contributed by atoms with Gasteiger partial charge in [-0.15, -0.1) is 5.10 Å². The number of amides is 1. The quantitative estimate of drug-likeness (QED) is 0.347. The van der Waals surface area contributed by atoms with Crippen LogP contribution in [0.25, 0.3) is 0 Å². The monoisotopic (exact) mass is 582 g/mol. The number of ether oxygens (including phenoxy) is 4. The van der Waals surface area contributed by atoms with Gasteiger partial charge in [-0.1, -0.05) is 0 Å². The van der Waals surface area contributed by atoms with Crippen molar-refractivity contribution < 1.29 is 45.7 Å². The minimum atomic E-state index is -3.54. The maximum absolute atomic E-state index is 13.1. The topological polar surface area (TPSA) is 148 Å². The number of carbonyl (C=O) groups excluding carboxylic acids is 2. The van der Waals surface area contributed by atoms with E-state index in [1.807, 2.05) is 0 Å². The Balaban J connectivity index is 1.88. The van der Waals surface area contributed by atoms with Crippen LogP contribution in [0.4, 0.5) is 19.4 Å². The molecule has 0 bridgehead atoms. The summed E-state index contributed by atoms with van der Waals surface area (Å²) in [5.74, 6) is -2.38. The summed E-state index contributed by atoms with van der Waals surface area (Å²) in [5, 5.41) is 6.32. The molecule has 0 radical (unpaired) electrons. The van der Waals surface area contributed by atoms with Gasteiger partial charge in [-0.05, 0) is 45.0 Å². The molecule has 0 spiro atoms. The summed E-state index contributed by atoms with van der Waals surface area (Å²) < 4.78 is 70.9. The van der Waals surface area contributed by atoms with Crippen LogP contribution < -0.4 is 14.8 Å². The average Bonchev–Trinajstić information content (AvgIpc) is 3.25. The second-order valence-corrected chi connectivity index (χ2v) is 11.8. The summed E-state index contributed by atoms with van der Waals surface area (Å²) in [7, 11) is -3.54. The van der Waals surface area contributed by atoms with E-state index in [0.29, 0.717) is 0 Å². The first-order valence-electron chi connectivity index (χ1n) is 11.6. The normalized spacial score (nSPS) is 12.2. The fraction of sp³-hybridized carbons (Fsp3) is 0.360. The molecule has 3 aromatic rings. The van der Waals surface area contributed by atoms with Crippen LogP contribution in [0.3, 0.4) is 0 Å². The number of nitrogens with zero attached hydrogens (tertiary/aromatic N) is 3. The number of halogens is 2. The zero-order valence-electron chi connectivity index (χ0n) is 22.5. The number of sulfone groups is 1. The first-order valence-corrected chi connectivity index (χ1v) is 13.5. The number of alkyl halides is 2. The number of pyridine rings is 1. The van der Waals surface area contributed by atoms with E-state index >= 15 is 0 Å². The van der Waals surface area contributed by atoms with Crippen LogP contribution in [0.5, 0.6) is 17.2 Å². The molecule has 2 aromatic heterocycles. The van der Waals surface area contributed by atoms with Gasteiger partial charge in [0.1, 0.15) is 22.8 Å². The van der Waals surface area contributed by atoms with Crippen LogP contribution in [0.2, 0.25) is 0 Å². The van der Waals surface area contributed by atoms with Crippen LogP contribution in [0.1, 0.15) is 45.0 Å². The van der Waals surface area contributed by atoms with E-state index in [2.05, 4.69) is 20.1 Å². The van der Waals surface area contributed by atoms with E-state index in [-0.39, 0.29) is 33.7 Å². The molecular formula is C25H28F2N4O8S. The van der Waals surface area contributed by atoms with Crippen LogP contribution in [0.15, 0.2) is 53.8 Å². The molecule has 216 valence electrons. The lowest BCUT2D eigenvalue weighted by molar-refractivity contribution is -0.264. The van der Waals surface area contributed by atoms with E-state index in [1.54, 1.807) is 20.8 Å². The molecule has 0 fully saturated rings. The molecule has 40 heavy (non-hydrogen) atoms. The predicted molar refractivity (Wildman–Crippen MR) is 137 cm³/mol. The Bertz CT molecular complexity index is 1480. The van der Waals surface area contributed by atoms with Crippen molar-refractivity contribution in [2.75, 3.05) is 11.6 Å². The van der Waals surface area contributed by atoms with E-state index in [4.69, 9.17) is 14.2 Å². The van der Waals surface area contributed by atoms with Gasteiger partial charge in [0.05, 0.1) is 6.20 Å². The molecule has 3 rings (SSSR count). The Hall–Kier alpha value is -4.11. The second kappa shape index (κ2) is 11.6. The number of nitrogens with one attached hydrogen (secondary N) is 1. The summed E-state index contributed by atoms with van der Waals surface area (Å²) in [5.41, 5.74) is -0.793. The largest absolute Gasteiger partial charge is 0.463 e. The fourth-order valence-electron chi connectivity index (χ4n) is 3.12. The Kier molecular flexibility index (Phi) is 8.79.